The zero-order valence-electron chi connectivity index (χ0n) is 11.1. The molecule has 3 rings (SSSR count). The van der Waals surface area contributed by atoms with Crippen molar-refractivity contribution in [3.05, 3.63) is 50.9 Å². The van der Waals surface area contributed by atoms with E-state index in [-0.39, 0.29) is 0 Å². The highest BCUT2D eigenvalue weighted by molar-refractivity contribution is 9.10. The maximum absolute atomic E-state index is 4.64. The molecule has 0 aliphatic carbocycles. The molecule has 0 amide bonds. The molecule has 1 aromatic carbocycles. The lowest BCUT2D eigenvalue weighted by Gasteiger charge is -2.06. The van der Waals surface area contributed by atoms with E-state index in [0.29, 0.717) is 0 Å². The normalized spacial score (nSPS) is 10.9. The summed E-state index contributed by atoms with van der Waals surface area (Å²) >= 11 is 5.23. The molecule has 0 aliphatic rings. The van der Waals surface area contributed by atoms with Crippen molar-refractivity contribution < 1.29 is 0 Å². The molecule has 0 aliphatic heterocycles. The van der Waals surface area contributed by atoms with E-state index in [1.54, 1.807) is 11.3 Å². The number of thiazole rings is 1. The highest BCUT2D eigenvalue weighted by atomic mass is 79.9. The van der Waals surface area contributed by atoms with Crippen LogP contribution in [0.2, 0.25) is 0 Å². The summed E-state index contributed by atoms with van der Waals surface area (Å²) in [5.74, 6) is 0.899. The third-order valence-corrected chi connectivity index (χ3v) is 4.49. The molecule has 3 aromatic rings. The highest BCUT2D eigenvalue weighted by Crippen LogP contribution is 2.23. The van der Waals surface area contributed by atoms with E-state index < -0.39 is 0 Å². The molecule has 20 heavy (non-hydrogen) atoms. The number of aromatic nitrogens is 2. The first-order valence-corrected chi connectivity index (χ1v) is 8.10. The van der Waals surface area contributed by atoms with Crippen molar-refractivity contribution >= 4 is 44.0 Å². The van der Waals surface area contributed by atoms with Gasteiger partial charge in [-0.15, -0.1) is 11.3 Å². The van der Waals surface area contributed by atoms with Crippen LogP contribution in [0.25, 0.3) is 10.9 Å². The number of halogens is 1. The lowest BCUT2D eigenvalue weighted by atomic mass is 10.2. The van der Waals surface area contributed by atoms with E-state index in [1.807, 2.05) is 25.1 Å². The Labute approximate surface area is 130 Å². The SMILES string of the molecule is Cc1nc(CCNc2ccc3cccc(Br)c3n2)cs1. The minimum atomic E-state index is 0.839. The molecular weight excluding hydrogens is 334 g/mol. The predicted molar refractivity (Wildman–Crippen MR) is 88.5 cm³/mol. The van der Waals surface area contributed by atoms with Crippen LogP contribution in [-0.4, -0.2) is 16.5 Å². The number of anilines is 1. The van der Waals surface area contributed by atoms with E-state index in [2.05, 4.69) is 48.7 Å². The molecule has 3 nitrogen and oxygen atoms in total. The van der Waals surface area contributed by atoms with Crippen molar-refractivity contribution in [3.8, 4) is 0 Å². The molecule has 0 bridgehead atoms. The fourth-order valence-electron chi connectivity index (χ4n) is 2.05. The number of para-hydroxylation sites is 1. The van der Waals surface area contributed by atoms with Gasteiger partial charge >= 0.3 is 0 Å². The van der Waals surface area contributed by atoms with Crippen LogP contribution in [-0.2, 0) is 6.42 Å². The Morgan fingerprint density at radius 3 is 2.90 bits per heavy atom. The number of hydrogen-bond donors (Lipinski definition) is 1. The van der Waals surface area contributed by atoms with Gasteiger partial charge in [-0.3, -0.25) is 0 Å². The number of pyridine rings is 1. The molecule has 1 N–H and O–H groups in total. The first-order valence-electron chi connectivity index (χ1n) is 6.42. The van der Waals surface area contributed by atoms with Crippen LogP contribution in [0.15, 0.2) is 40.2 Å². The monoisotopic (exact) mass is 347 g/mol. The summed E-state index contributed by atoms with van der Waals surface area (Å²) in [6.07, 6.45) is 0.917. The van der Waals surface area contributed by atoms with E-state index in [1.165, 1.54) is 0 Å². The van der Waals surface area contributed by atoms with Crippen LogP contribution in [0.1, 0.15) is 10.7 Å². The van der Waals surface area contributed by atoms with Gasteiger partial charge in [0.25, 0.3) is 0 Å². The van der Waals surface area contributed by atoms with E-state index in [9.17, 15) is 0 Å². The number of nitrogens with zero attached hydrogens (tertiary/aromatic N) is 2. The molecule has 2 aromatic heterocycles. The zero-order valence-corrected chi connectivity index (χ0v) is 13.5. The van der Waals surface area contributed by atoms with Crippen LogP contribution in [0.5, 0.6) is 0 Å². The van der Waals surface area contributed by atoms with Crippen LogP contribution >= 0.6 is 27.3 Å². The van der Waals surface area contributed by atoms with Crippen molar-refractivity contribution in [1.29, 1.82) is 0 Å². The lowest BCUT2D eigenvalue weighted by Crippen LogP contribution is -2.06. The molecule has 102 valence electrons. The second kappa shape index (κ2) is 5.89. The quantitative estimate of drug-likeness (QED) is 0.759. The van der Waals surface area contributed by atoms with Gasteiger partial charge in [-0.05, 0) is 41.1 Å². The summed E-state index contributed by atoms with van der Waals surface area (Å²) in [5.41, 5.74) is 2.13. The van der Waals surface area contributed by atoms with Crippen molar-refractivity contribution in [3.63, 3.8) is 0 Å². The van der Waals surface area contributed by atoms with Gasteiger partial charge in [-0.25, -0.2) is 9.97 Å². The van der Waals surface area contributed by atoms with E-state index >= 15 is 0 Å². The molecular formula is C15H14BrN3S. The Bertz CT molecular complexity index is 739. The zero-order chi connectivity index (χ0) is 13.9. The number of benzene rings is 1. The van der Waals surface area contributed by atoms with Crippen molar-refractivity contribution in [1.82, 2.24) is 9.97 Å². The van der Waals surface area contributed by atoms with Gasteiger partial charge in [0.15, 0.2) is 0 Å². The van der Waals surface area contributed by atoms with Crippen LogP contribution in [0.4, 0.5) is 5.82 Å². The molecule has 0 atom stereocenters. The number of hydrogen-bond acceptors (Lipinski definition) is 4. The fourth-order valence-corrected chi connectivity index (χ4v) is 3.17. The summed E-state index contributed by atoms with van der Waals surface area (Å²) in [7, 11) is 0. The predicted octanol–water partition coefficient (Wildman–Crippen LogP) is 4.42. The minimum Gasteiger partial charge on any atom is -0.370 e. The maximum atomic E-state index is 4.64. The van der Waals surface area contributed by atoms with Gasteiger partial charge < -0.3 is 5.32 Å². The van der Waals surface area contributed by atoms with Crippen molar-refractivity contribution in [2.45, 2.75) is 13.3 Å². The number of aryl methyl sites for hydroxylation is 1. The van der Waals surface area contributed by atoms with E-state index in [0.717, 1.165) is 44.9 Å². The summed E-state index contributed by atoms with van der Waals surface area (Å²) in [5, 5.41) is 7.72. The van der Waals surface area contributed by atoms with Crippen molar-refractivity contribution in [2.24, 2.45) is 0 Å². The third kappa shape index (κ3) is 2.99. The second-order valence-electron chi connectivity index (χ2n) is 4.54. The molecule has 0 radical (unpaired) electrons. The Kier molecular flexibility index (Phi) is 3.98. The standard InChI is InChI=1S/C15H14BrN3S/c1-10-18-12(9-20-10)7-8-17-14-6-5-11-3-2-4-13(16)15(11)19-14/h2-6,9H,7-8H2,1H3,(H,17,19). The van der Waals surface area contributed by atoms with Gasteiger partial charge in [0.1, 0.15) is 5.82 Å². The Hall–Kier alpha value is -1.46. The molecule has 0 saturated heterocycles. The highest BCUT2D eigenvalue weighted by Gasteiger charge is 2.02. The fraction of sp³-hybridized carbons (Fsp3) is 0.200. The molecule has 2 heterocycles. The Morgan fingerprint density at radius 1 is 1.20 bits per heavy atom. The summed E-state index contributed by atoms with van der Waals surface area (Å²) in [6.45, 7) is 2.87. The first kappa shape index (κ1) is 13.5. The molecule has 0 fully saturated rings. The second-order valence-corrected chi connectivity index (χ2v) is 6.46. The molecule has 5 heteroatoms. The van der Waals surface area contributed by atoms with Crippen LogP contribution in [0.3, 0.4) is 0 Å². The summed E-state index contributed by atoms with van der Waals surface area (Å²) in [6, 6.07) is 10.2. The van der Waals surface area contributed by atoms with Gasteiger partial charge in [0.2, 0.25) is 0 Å². The number of nitrogens with one attached hydrogen (secondary N) is 1. The Balaban J connectivity index is 1.70. The van der Waals surface area contributed by atoms with Gasteiger partial charge in [0.05, 0.1) is 16.2 Å². The smallest absolute Gasteiger partial charge is 0.126 e. The number of fused-ring (bicyclic) bond motifs is 1. The van der Waals surface area contributed by atoms with Gasteiger partial charge in [-0.1, -0.05) is 12.1 Å². The first-order chi connectivity index (χ1) is 9.72. The Morgan fingerprint density at radius 2 is 2.10 bits per heavy atom. The third-order valence-electron chi connectivity index (χ3n) is 3.02. The van der Waals surface area contributed by atoms with Crippen LogP contribution in [0, 0.1) is 6.92 Å². The molecule has 0 saturated carbocycles. The minimum absolute atomic E-state index is 0.839. The number of rotatable bonds is 4. The maximum Gasteiger partial charge on any atom is 0.126 e. The average molecular weight is 348 g/mol. The summed E-state index contributed by atoms with van der Waals surface area (Å²) < 4.78 is 1.02. The van der Waals surface area contributed by atoms with Crippen molar-refractivity contribution in [2.75, 3.05) is 11.9 Å². The molecule has 0 spiro atoms. The summed E-state index contributed by atoms with van der Waals surface area (Å²) in [4.78, 5) is 9.09. The van der Waals surface area contributed by atoms with E-state index in [4.69, 9.17) is 0 Å². The lowest BCUT2D eigenvalue weighted by molar-refractivity contribution is 0.962. The topological polar surface area (TPSA) is 37.8 Å². The van der Waals surface area contributed by atoms with Crippen LogP contribution < -0.4 is 5.32 Å². The van der Waals surface area contributed by atoms with Gasteiger partial charge in [-0.2, -0.15) is 0 Å². The molecule has 0 unspecified atom stereocenters. The largest absolute Gasteiger partial charge is 0.370 e. The average Bonchev–Trinajstić information content (AvgIpc) is 2.85. The van der Waals surface area contributed by atoms with Gasteiger partial charge in [0, 0.05) is 28.2 Å².